The fourth-order valence-electron chi connectivity index (χ4n) is 1.96. The Hall–Kier alpha value is -2.76. The van der Waals surface area contributed by atoms with Crippen molar-refractivity contribution in [3.8, 4) is 5.75 Å². The first-order valence-electron chi connectivity index (χ1n) is 7.30. The number of para-hydroxylation sites is 2. The molecule has 2 rings (SSSR count). The molecule has 0 aliphatic rings. The Morgan fingerprint density at radius 1 is 1.26 bits per heavy atom. The zero-order valence-electron chi connectivity index (χ0n) is 13.3. The van der Waals surface area contributed by atoms with E-state index in [-0.39, 0.29) is 0 Å². The number of rotatable bonds is 6. The molecular weight excluding hydrogens is 298 g/mol. The van der Waals surface area contributed by atoms with Crippen LogP contribution in [0.5, 0.6) is 5.75 Å². The summed E-state index contributed by atoms with van der Waals surface area (Å²) in [7, 11) is 0. The molecule has 1 aromatic carbocycles. The normalized spacial score (nSPS) is 11.6. The van der Waals surface area contributed by atoms with Crippen LogP contribution in [0.2, 0.25) is 0 Å². The number of benzene rings is 1. The number of hydrogen-bond donors (Lipinski definition) is 1. The van der Waals surface area contributed by atoms with Crippen molar-refractivity contribution in [3.63, 3.8) is 0 Å². The summed E-state index contributed by atoms with van der Waals surface area (Å²) in [5, 5.41) is 2.70. The maximum Gasteiger partial charge on any atom is 0.342 e. The van der Waals surface area contributed by atoms with Gasteiger partial charge in [0.25, 0.3) is 5.91 Å². The molecule has 0 spiro atoms. The van der Waals surface area contributed by atoms with E-state index in [4.69, 9.17) is 13.9 Å². The van der Waals surface area contributed by atoms with Gasteiger partial charge >= 0.3 is 5.97 Å². The van der Waals surface area contributed by atoms with Crippen LogP contribution in [0.1, 0.15) is 30.0 Å². The number of carbonyl (C=O) groups is 2. The molecule has 6 nitrogen and oxygen atoms in total. The lowest BCUT2D eigenvalue weighted by atomic mass is 10.2. The Morgan fingerprint density at radius 3 is 2.65 bits per heavy atom. The third-order valence-corrected chi connectivity index (χ3v) is 3.18. The van der Waals surface area contributed by atoms with Gasteiger partial charge in [-0.2, -0.15) is 0 Å². The van der Waals surface area contributed by atoms with Crippen LogP contribution in [0, 0.1) is 6.92 Å². The van der Waals surface area contributed by atoms with Gasteiger partial charge in [-0.1, -0.05) is 12.1 Å². The van der Waals surface area contributed by atoms with Gasteiger partial charge in [0.15, 0.2) is 6.10 Å². The molecule has 0 aliphatic heterocycles. The number of ether oxygens (including phenoxy) is 2. The molecule has 0 saturated heterocycles. The first-order valence-corrected chi connectivity index (χ1v) is 7.30. The number of hydrogen-bond acceptors (Lipinski definition) is 5. The number of nitrogens with one attached hydrogen (secondary N) is 1. The average Bonchev–Trinajstić information content (AvgIpc) is 2.95. The van der Waals surface area contributed by atoms with E-state index in [9.17, 15) is 9.59 Å². The van der Waals surface area contributed by atoms with Crippen LogP contribution in [0.3, 0.4) is 0 Å². The summed E-state index contributed by atoms with van der Waals surface area (Å²) < 4.78 is 15.6. The van der Waals surface area contributed by atoms with E-state index < -0.39 is 18.0 Å². The molecule has 122 valence electrons. The first kappa shape index (κ1) is 16.6. The summed E-state index contributed by atoms with van der Waals surface area (Å²) in [6.07, 6.45) is 0.445. The molecular formula is C17H19NO5. The summed E-state index contributed by atoms with van der Waals surface area (Å²) in [4.78, 5) is 24.2. The maximum absolute atomic E-state index is 12.2. The van der Waals surface area contributed by atoms with E-state index in [0.717, 1.165) is 0 Å². The van der Waals surface area contributed by atoms with E-state index in [1.54, 1.807) is 25.1 Å². The minimum atomic E-state index is -0.952. The van der Waals surface area contributed by atoms with Crippen LogP contribution in [0.4, 0.5) is 5.69 Å². The molecule has 0 fully saturated rings. The van der Waals surface area contributed by atoms with Gasteiger partial charge in [0.1, 0.15) is 17.1 Å². The average molecular weight is 317 g/mol. The second kappa shape index (κ2) is 7.49. The SMILES string of the molecule is CCOc1ccccc1NC(=O)[C@@H](C)OC(=O)c1ccoc1C. The Kier molecular flexibility index (Phi) is 5.41. The molecule has 1 heterocycles. The summed E-state index contributed by atoms with van der Waals surface area (Å²) in [5.74, 6) is -0.0273. The van der Waals surface area contributed by atoms with Gasteiger partial charge in [0.05, 0.1) is 18.6 Å². The Morgan fingerprint density at radius 2 is 2.00 bits per heavy atom. The highest BCUT2D eigenvalue weighted by molar-refractivity contribution is 5.98. The van der Waals surface area contributed by atoms with Crippen LogP contribution in [-0.2, 0) is 9.53 Å². The highest BCUT2D eigenvalue weighted by Gasteiger charge is 2.22. The molecule has 0 radical (unpaired) electrons. The highest BCUT2D eigenvalue weighted by Crippen LogP contribution is 2.24. The number of anilines is 1. The van der Waals surface area contributed by atoms with Crippen molar-refractivity contribution in [3.05, 3.63) is 47.9 Å². The summed E-state index contributed by atoms with van der Waals surface area (Å²) in [6.45, 7) is 5.50. The van der Waals surface area contributed by atoms with E-state index in [0.29, 0.717) is 29.4 Å². The van der Waals surface area contributed by atoms with Crippen molar-refractivity contribution >= 4 is 17.6 Å². The second-order valence-corrected chi connectivity index (χ2v) is 4.86. The van der Waals surface area contributed by atoms with Crippen molar-refractivity contribution in [2.75, 3.05) is 11.9 Å². The molecule has 0 unspecified atom stereocenters. The van der Waals surface area contributed by atoms with Crippen LogP contribution >= 0.6 is 0 Å². The fourth-order valence-corrected chi connectivity index (χ4v) is 1.96. The lowest BCUT2D eigenvalue weighted by Crippen LogP contribution is -2.30. The second-order valence-electron chi connectivity index (χ2n) is 4.86. The minimum Gasteiger partial charge on any atom is -0.492 e. The molecule has 23 heavy (non-hydrogen) atoms. The van der Waals surface area contributed by atoms with Crippen molar-refractivity contribution < 1.29 is 23.5 Å². The quantitative estimate of drug-likeness (QED) is 0.828. The zero-order chi connectivity index (χ0) is 16.8. The largest absolute Gasteiger partial charge is 0.492 e. The Bertz CT molecular complexity index is 692. The lowest BCUT2D eigenvalue weighted by Gasteiger charge is -2.15. The number of esters is 1. The minimum absolute atomic E-state index is 0.305. The molecule has 6 heteroatoms. The smallest absolute Gasteiger partial charge is 0.342 e. The molecule has 0 bridgehead atoms. The van der Waals surface area contributed by atoms with E-state index in [2.05, 4.69) is 5.32 Å². The van der Waals surface area contributed by atoms with Gasteiger partial charge in [-0.05, 0) is 39.0 Å². The van der Waals surface area contributed by atoms with E-state index in [1.165, 1.54) is 19.3 Å². The van der Waals surface area contributed by atoms with Gasteiger partial charge in [0.2, 0.25) is 0 Å². The molecule has 0 saturated carbocycles. The highest BCUT2D eigenvalue weighted by atomic mass is 16.5. The molecule has 1 aromatic heterocycles. The van der Waals surface area contributed by atoms with E-state index in [1.807, 2.05) is 13.0 Å². The fraction of sp³-hybridized carbons (Fsp3) is 0.294. The van der Waals surface area contributed by atoms with Crippen molar-refractivity contribution in [1.29, 1.82) is 0 Å². The van der Waals surface area contributed by atoms with Gasteiger partial charge in [0, 0.05) is 0 Å². The van der Waals surface area contributed by atoms with Gasteiger partial charge in [-0.25, -0.2) is 4.79 Å². The predicted molar refractivity (Wildman–Crippen MR) is 84.6 cm³/mol. The predicted octanol–water partition coefficient (Wildman–Crippen LogP) is 3.17. The zero-order valence-corrected chi connectivity index (χ0v) is 13.3. The maximum atomic E-state index is 12.2. The monoisotopic (exact) mass is 317 g/mol. The standard InChI is InChI=1S/C17H19NO5/c1-4-21-15-8-6-5-7-14(15)18-16(19)12(3)23-17(20)13-9-10-22-11(13)2/h5-10,12H,4H2,1-3H3,(H,18,19)/t12-/m1/s1. The van der Waals surface area contributed by atoms with Crippen LogP contribution in [0.25, 0.3) is 0 Å². The van der Waals surface area contributed by atoms with Crippen molar-refractivity contribution in [2.45, 2.75) is 26.9 Å². The molecule has 1 amide bonds. The number of aryl methyl sites for hydroxylation is 1. The Balaban J connectivity index is 2.00. The molecule has 0 aliphatic carbocycles. The first-order chi connectivity index (χ1) is 11.0. The Labute approximate surface area is 134 Å². The number of furan rings is 1. The summed E-state index contributed by atoms with van der Waals surface area (Å²) in [5.41, 5.74) is 0.834. The van der Waals surface area contributed by atoms with Crippen molar-refractivity contribution in [1.82, 2.24) is 0 Å². The molecule has 2 aromatic rings. The number of amides is 1. The van der Waals surface area contributed by atoms with E-state index >= 15 is 0 Å². The lowest BCUT2D eigenvalue weighted by molar-refractivity contribution is -0.123. The van der Waals surface area contributed by atoms with Gasteiger partial charge in [-0.15, -0.1) is 0 Å². The van der Waals surface area contributed by atoms with Crippen LogP contribution in [0.15, 0.2) is 41.0 Å². The van der Waals surface area contributed by atoms with Gasteiger partial charge in [-0.3, -0.25) is 4.79 Å². The number of carbonyl (C=O) groups excluding carboxylic acids is 2. The van der Waals surface area contributed by atoms with Crippen molar-refractivity contribution in [2.24, 2.45) is 0 Å². The molecule has 1 N–H and O–H groups in total. The molecule has 1 atom stereocenters. The van der Waals surface area contributed by atoms with Crippen LogP contribution < -0.4 is 10.1 Å². The third-order valence-electron chi connectivity index (χ3n) is 3.18. The third kappa shape index (κ3) is 4.12. The van der Waals surface area contributed by atoms with Gasteiger partial charge < -0.3 is 19.2 Å². The summed E-state index contributed by atoms with van der Waals surface area (Å²) in [6, 6.07) is 8.57. The topological polar surface area (TPSA) is 77.8 Å². The summed E-state index contributed by atoms with van der Waals surface area (Å²) >= 11 is 0. The van der Waals surface area contributed by atoms with Crippen LogP contribution in [-0.4, -0.2) is 24.6 Å².